The molecule has 8 nitrogen and oxygen atoms in total. The molecule has 0 spiro atoms. The number of rotatable bonds is 5. The molecule has 5 rings (SSSR count). The molecule has 0 unspecified atom stereocenters. The van der Waals surface area contributed by atoms with Crippen LogP contribution in [0.15, 0.2) is 61.2 Å². The van der Waals surface area contributed by atoms with Gasteiger partial charge < -0.3 is 15.7 Å². The summed E-state index contributed by atoms with van der Waals surface area (Å²) in [5.41, 5.74) is 1.91. The van der Waals surface area contributed by atoms with E-state index in [2.05, 4.69) is 25.6 Å². The zero-order chi connectivity index (χ0) is 20.3. The third-order valence-electron chi connectivity index (χ3n) is 5.43. The minimum absolute atomic E-state index is 0.169. The number of aliphatic hydroxyl groups is 1. The molecule has 1 aliphatic rings. The Kier molecular flexibility index (Phi) is 4.98. The summed E-state index contributed by atoms with van der Waals surface area (Å²) < 4.78 is 1.91. The van der Waals surface area contributed by atoms with E-state index >= 15 is 0 Å². The van der Waals surface area contributed by atoms with Crippen molar-refractivity contribution in [2.45, 2.75) is 37.8 Å². The third-order valence-corrected chi connectivity index (χ3v) is 5.43. The van der Waals surface area contributed by atoms with Crippen LogP contribution < -0.4 is 10.6 Å². The zero-order valence-electron chi connectivity index (χ0n) is 16.4. The Bertz CT molecular complexity index is 1140. The van der Waals surface area contributed by atoms with E-state index in [9.17, 15) is 5.11 Å². The van der Waals surface area contributed by atoms with Crippen LogP contribution in [0.3, 0.4) is 0 Å². The molecule has 1 saturated carbocycles. The minimum atomic E-state index is -0.169. The number of nitrogens with zero attached hydrogens (tertiary/aromatic N) is 5. The lowest BCUT2D eigenvalue weighted by molar-refractivity contribution is 0.126. The Hall–Kier alpha value is -3.52. The van der Waals surface area contributed by atoms with E-state index in [-0.39, 0.29) is 6.10 Å². The lowest BCUT2D eigenvalue weighted by Crippen LogP contribution is -2.28. The van der Waals surface area contributed by atoms with Crippen LogP contribution in [0, 0.1) is 0 Å². The van der Waals surface area contributed by atoms with Crippen LogP contribution in [0.25, 0.3) is 16.6 Å². The van der Waals surface area contributed by atoms with Gasteiger partial charge in [-0.25, -0.2) is 14.6 Å². The van der Waals surface area contributed by atoms with E-state index in [4.69, 9.17) is 5.10 Å². The summed E-state index contributed by atoms with van der Waals surface area (Å²) in [5, 5.41) is 22.3. The van der Waals surface area contributed by atoms with Crippen molar-refractivity contribution in [3.05, 3.63) is 61.2 Å². The van der Waals surface area contributed by atoms with Crippen LogP contribution in [0.4, 0.5) is 17.5 Å². The molecule has 0 aliphatic heterocycles. The van der Waals surface area contributed by atoms with Gasteiger partial charge in [0.25, 0.3) is 0 Å². The van der Waals surface area contributed by atoms with Gasteiger partial charge in [-0.05, 0) is 43.9 Å². The van der Waals surface area contributed by atoms with Crippen molar-refractivity contribution in [3.8, 4) is 5.69 Å². The SMILES string of the molecule is OC1CCC(Nc2cc(-n3nc(Nc4cnccn4)c4ccccc43)ccn2)CC1. The summed E-state index contributed by atoms with van der Waals surface area (Å²) in [6.07, 6.45) is 10.1. The highest BCUT2D eigenvalue weighted by atomic mass is 16.3. The molecule has 8 heteroatoms. The largest absolute Gasteiger partial charge is 0.393 e. The van der Waals surface area contributed by atoms with Gasteiger partial charge in [-0.1, -0.05) is 12.1 Å². The number of aromatic nitrogens is 5. The second-order valence-corrected chi connectivity index (χ2v) is 7.54. The highest BCUT2D eigenvalue weighted by Crippen LogP contribution is 2.28. The van der Waals surface area contributed by atoms with Crippen LogP contribution in [-0.2, 0) is 0 Å². The van der Waals surface area contributed by atoms with Gasteiger partial charge in [-0.3, -0.25) is 4.98 Å². The molecule has 0 bridgehead atoms. The molecule has 1 aliphatic carbocycles. The fourth-order valence-electron chi connectivity index (χ4n) is 3.90. The standard InChI is InChI=1S/C22H23N7O/c30-17-7-5-15(6-8-17)26-20-13-16(9-10-24-20)29-19-4-2-1-3-18(19)22(28-29)27-21-14-23-11-12-25-21/h1-4,9-15,17,30H,5-8H2,(H,24,26)(H,25,27,28). The molecule has 3 heterocycles. The molecule has 1 aromatic carbocycles. The average Bonchev–Trinajstić information content (AvgIpc) is 3.15. The molecule has 0 atom stereocenters. The van der Waals surface area contributed by atoms with Crippen molar-refractivity contribution in [3.63, 3.8) is 0 Å². The van der Waals surface area contributed by atoms with Gasteiger partial charge in [0.15, 0.2) is 5.82 Å². The van der Waals surface area contributed by atoms with Gasteiger partial charge in [-0.2, -0.15) is 0 Å². The highest BCUT2D eigenvalue weighted by molar-refractivity contribution is 5.92. The smallest absolute Gasteiger partial charge is 0.162 e. The van der Waals surface area contributed by atoms with Crippen LogP contribution in [0.1, 0.15) is 25.7 Å². The molecule has 3 aromatic heterocycles. The fraction of sp³-hybridized carbons (Fsp3) is 0.273. The number of nitrogens with one attached hydrogen (secondary N) is 2. The predicted octanol–water partition coefficient (Wildman–Crippen LogP) is 3.67. The molecule has 0 radical (unpaired) electrons. The first-order chi connectivity index (χ1) is 14.8. The zero-order valence-corrected chi connectivity index (χ0v) is 16.4. The predicted molar refractivity (Wildman–Crippen MR) is 116 cm³/mol. The molecule has 0 saturated heterocycles. The van der Waals surface area contributed by atoms with Crippen molar-refractivity contribution in [2.24, 2.45) is 0 Å². The average molecular weight is 401 g/mol. The number of benzene rings is 1. The van der Waals surface area contributed by atoms with Crippen LogP contribution in [0.5, 0.6) is 0 Å². The van der Waals surface area contributed by atoms with Crippen molar-refractivity contribution >= 4 is 28.4 Å². The maximum absolute atomic E-state index is 9.73. The van der Waals surface area contributed by atoms with E-state index < -0.39 is 0 Å². The summed E-state index contributed by atoms with van der Waals surface area (Å²) >= 11 is 0. The minimum Gasteiger partial charge on any atom is -0.393 e. The van der Waals surface area contributed by atoms with E-state index in [1.54, 1.807) is 24.8 Å². The summed E-state index contributed by atoms with van der Waals surface area (Å²) in [6, 6.07) is 12.4. The van der Waals surface area contributed by atoms with Crippen molar-refractivity contribution < 1.29 is 5.11 Å². The molecular weight excluding hydrogens is 378 g/mol. The molecule has 4 aromatic rings. The van der Waals surface area contributed by atoms with Crippen molar-refractivity contribution in [1.29, 1.82) is 0 Å². The van der Waals surface area contributed by atoms with Crippen LogP contribution in [-0.4, -0.2) is 42.0 Å². The molecule has 3 N–H and O–H groups in total. The van der Waals surface area contributed by atoms with Gasteiger partial charge in [-0.15, -0.1) is 5.10 Å². The van der Waals surface area contributed by atoms with E-state index in [0.29, 0.717) is 11.9 Å². The number of hydrogen-bond donors (Lipinski definition) is 3. The Morgan fingerprint density at radius 3 is 2.60 bits per heavy atom. The maximum atomic E-state index is 9.73. The Balaban J connectivity index is 1.46. The summed E-state index contributed by atoms with van der Waals surface area (Å²) in [6.45, 7) is 0. The fourth-order valence-corrected chi connectivity index (χ4v) is 3.90. The van der Waals surface area contributed by atoms with Gasteiger partial charge in [0.1, 0.15) is 11.6 Å². The molecular formula is C22H23N7O. The number of para-hydroxylation sites is 1. The lowest BCUT2D eigenvalue weighted by atomic mass is 9.93. The summed E-state index contributed by atoms with van der Waals surface area (Å²) in [7, 11) is 0. The summed E-state index contributed by atoms with van der Waals surface area (Å²) in [5.74, 6) is 2.18. The molecule has 152 valence electrons. The number of pyridine rings is 1. The first-order valence-corrected chi connectivity index (χ1v) is 10.2. The molecule has 1 fully saturated rings. The molecule has 0 amide bonds. The van der Waals surface area contributed by atoms with Crippen molar-refractivity contribution in [1.82, 2.24) is 24.7 Å². The number of hydrogen-bond acceptors (Lipinski definition) is 7. The lowest BCUT2D eigenvalue weighted by Gasteiger charge is -2.26. The maximum Gasteiger partial charge on any atom is 0.162 e. The van der Waals surface area contributed by atoms with E-state index in [1.165, 1.54) is 0 Å². The van der Waals surface area contributed by atoms with Crippen LogP contribution >= 0.6 is 0 Å². The topological polar surface area (TPSA) is 101 Å². The Morgan fingerprint density at radius 2 is 1.77 bits per heavy atom. The number of anilines is 3. The van der Waals surface area contributed by atoms with Crippen LogP contribution in [0.2, 0.25) is 0 Å². The number of fused-ring (bicyclic) bond motifs is 1. The second kappa shape index (κ2) is 8.08. The second-order valence-electron chi connectivity index (χ2n) is 7.54. The van der Waals surface area contributed by atoms with Gasteiger partial charge in [0, 0.05) is 36.1 Å². The Labute approximate surface area is 174 Å². The van der Waals surface area contributed by atoms with Crippen molar-refractivity contribution in [2.75, 3.05) is 10.6 Å². The monoisotopic (exact) mass is 401 g/mol. The molecule has 30 heavy (non-hydrogen) atoms. The number of aliphatic hydroxyl groups excluding tert-OH is 1. The highest BCUT2D eigenvalue weighted by Gasteiger charge is 2.20. The van der Waals surface area contributed by atoms with Gasteiger partial charge in [0.05, 0.1) is 23.5 Å². The van der Waals surface area contributed by atoms with E-state index in [0.717, 1.165) is 53.9 Å². The normalized spacial score (nSPS) is 19.0. The third kappa shape index (κ3) is 3.81. The first-order valence-electron chi connectivity index (χ1n) is 10.2. The quantitative estimate of drug-likeness (QED) is 0.469. The first kappa shape index (κ1) is 18.5. The summed E-state index contributed by atoms with van der Waals surface area (Å²) in [4.78, 5) is 12.9. The Morgan fingerprint density at radius 1 is 0.933 bits per heavy atom. The van der Waals surface area contributed by atoms with Gasteiger partial charge in [0.2, 0.25) is 0 Å². The van der Waals surface area contributed by atoms with Gasteiger partial charge >= 0.3 is 0 Å². The van der Waals surface area contributed by atoms with E-state index in [1.807, 2.05) is 41.1 Å².